The lowest BCUT2D eigenvalue weighted by molar-refractivity contribution is -0.165. The van der Waals surface area contributed by atoms with Crippen molar-refractivity contribution in [2.24, 2.45) is 0 Å². The summed E-state index contributed by atoms with van der Waals surface area (Å²) in [6.45, 7) is 2.48. The van der Waals surface area contributed by atoms with Gasteiger partial charge in [-0.3, -0.25) is 4.79 Å². The number of aromatic amines is 1. The number of carboxylic acids is 1. The summed E-state index contributed by atoms with van der Waals surface area (Å²) in [5.41, 5.74) is 1.25. The van der Waals surface area contributed by atoms with Crippen LogP contribution in [0.2, 0.25) is 0 Å². The number of likely N-dealkylation sites (tertiary alicyclic amines) is 1. The Hall–Kier alpha value is -2.34. The standard InChI is InChI=1S/C17H20N2O4/c1-11-13(12-4-2-3-5-14(12)18-11)10-15(20)19-8-6-17(23,7-9-19)16(21)22/h2-5,18,23H,6-10H2,1H3,(H,21,22). The predicted molar refractivity (Wildman–Crippen MR) is 85.1 cm³/mol. The summed E-state index contributed by atoms with van der Waals surface area (Å²) in [6, 6.07) is 7.85. The first-order valence-corrected chi connectivity index (χ1v) is 7.70. The van der Waals surface area contributed by atoms with Crippen molar-refractivity contribution < 1.29 is 19.8 Å². The van der Waals surface area contributed by atoms with Gasteiger partial charge >= 0.3 is 5.97 Å². The Balaban J connectivity index is 1.73. The Bertz CT molecular complexity index is 757. The maximum Gasteiger partial charge on any atom is 0.335 e. The van der Waals surface area contributed by atoms with Gasteiger partial charge in [-0.2, -0.15) is 0 Å². The van der Waals surface area contributed by atoms with Crippen LogP contribution in [0.25, 0.3) is 10.9 Å². The van der Waals surface area contributed by atoms with Crippen molar-refractivity contribution in [3.05, 3.63) is 35.5 Å². The number of para-hydroxylation sites is 1. The van der Waals surface area contributed by atoms with Crippen molar-refractivity contribution in [1.82, 2.24) is 9.88 Å². The van der Waals surface area contributed by atoms with Crippen LogP contribution in [0.1, 0.15) is 24.1 Å². The van der Waals surface area contributed by atoms with Gasteiger partial charge in [-0.25, -0.2) is 4.79 Å². The number of benzene rings is 1. The minimum absolute atomic E-state index is 0.0368. The molecule has 3 rings (SSSR count). The van der Waals surface area contributed by atoms with E-state index < -0.39 is 11.6 Å². The molecule has 2 aromatic rings. The number of aromatic nitrogens is 1. The number of carbonyl (C=O) groups excluding carboxylic acids is 1. The average Bonchev–Trinajstić information content (AvgIpc) is 2.84. The van der Waals surface area contributed by atoms with Crippen LogP contribution in [0.4, 0.5) is 0 Å². The molecule has 0 radical (unpaired) electrons. The molecule has 0 aliphatic carbocycles. The fourth-order valence-electron chi connectivity index (χ4n) is 3.17. The lowest BCUT2D eigenvalue weighted by Crippen LogP contribution is -2.51. The number of aliphatic carboxylic acids is 1. The minimum atomic E-state index is -1.70. The molecule has 0 saturated carbocycles. The maximum absolute atomic E-state index is 12.5. The van der Waals surface area contributed by atoms with Crippen LogP contribution >= 0.6 is 0 Å². The van der Waals surface area contributed by atoms with E-state index in [1.165, 1.54) is 0 Å². The number of carboxylic acid groups (broad SMARTS) is 1. The lowest BCUT2D eigenvalue weighted by atomic mass is 9.91. The Kier molecular flexibility index (Phi) is 3.85. The van der Waals surface area contributed by atoms with Gasteiger partial charge in [0.2, 0.25) is 5.91 Å². The number of piperidine rings is 1. The molecule has 1 aromatic carbocycles. The van der Waals surface area contributed by atoms with E-state index in [1.807, 2.05) is 31.2 Å². The molecule has 1 aliphatic heterocycles. The predicted octanol–water partition coefficient (Wildman–Crippen LogP) is 1.46. The summed E-state index contributed by atoms with van der Waals surface area (Å²) in [5.74, 6) is -1.25. The van der Waals surface area contributed by atoms with Crippen LogP contribution in [0.3, 0.4) is 0 Å². The molecule has 6 nitrogen and oxygen atoms in total. The van der Waals surface area contributed by atoms with Gasteiger partial charge in [0, 0.05) is 42.5 Å². The Morgan fingerprint density at radius 2 is 1.91 bits per heavy atom. The van der Waals surface area contributed by atoms with Gasteiger partial charge < -0.3 is 20.1 Å². The molecular weight excluding hydrogens is 296 g/mol. The summed E-state index contributed by atoms with van der Waals surface area (Å²) >= 11 is 0. The molecule has 3 N–H and O–H groups in total. The van der Waals surface area contributed by atoms with Crippen molar-refractivity contribution in [3.63, 3.8) is 0 Å². The molecule has 1 aliphatic rings. The number of nitrogens with zero attached hydrogens (tertiary/aromatic N) is 1. The van der Waals surface area contributed by atoms with Crippen LogP contribution in [0, 0.1) is 6.92 Å². The monoisotopic (exact) mass is 316 g/mol. The smallest absolute Gasteiger partial charge is 0.335 e. The zero-order chi connectivity index (χ0) is 16.6. The van der Waals surface area contributed by atoms with Crippen LogP contribution in [0.15, 0.2) is 24.3 Å². The number of aliphatic hydroxyl groups is 1. The van der Waals surface area contributed by atoms with Crippen LogP contribution in [-0.2, 0) is 16.0 Å². The van der Waals surface area contributed by atoms with Crippen molar-refractivity contribution in [2.45, 2.75) is 31.8 Å². The first-order chi connectivity index (χ1) is 10.9. The number of hydrogen-bond acceptors (Lipinski definition) is 3. The molecule has 6 heteroatoms. The van der Waals surface area contributed by atoms with E-state index >= 15 is 0 Å². The third-order valence-electron chi connectivity index (χ3n) is 4.70. The van der Waals surface area contributed by atoms with Crippen LogP contribution in [-0.4, -0.2) is 50.7 Å². The molecule has 1 amide bonds. The second kappa shape index (κ2) is 5.70. The van der Waals surface area contributed by atoms with Gasteiger partial charge in [0.05, 0.1) is 6.42 Å². The number of H-pyrrole nitrogens is 1. The molecule has 0 atom stereocenters. The highest BCUT2D eigenvalue weighted by Gasteiger charge is 2.40. The number of fused-ring (bicyclic) bond motifs is 1. The molecule has 1 fully saturated rings. The number of hydrogen-bond donors (Lipinski definition) is 3. The average molecular weight is 316 g/mol. The summed E-state index contributed by atoms with van der Waals surface area (Å²) in [6.07, 6.45) is 0.420. The number of nitrogens with one attached hydrogen (secondary N) is 1. The zero-order valence-electron chi connectivity index (χ0n) is 13.0. The number of rotatable bonds is 3. The molecule has 0 unspecified atom stereocenters. The van der Waals surface area contributed by atoms with E-state index in [4.69, 9.17) is 5.11 Å². The zero-order valence-corrected chi connectivity index (χ0v) is 13.0. The molecule has 1 aromatic heterocycles. The van der Waals surface area contributed by atoms with Gasteiger partial charge in [0.1, 0.15) is 0 Å². The van der Waals surface area contributed by atoms with E-state index in [9.17, 15) is 14.7 Å². The van der Waals surface area contributed by atoms with Gasteiger partial charge in [-0.05, 0) is 18.6 Å². The largest absolute Gasteiger partial charge is 0.479 e. The summed E-state index contributed by atoms with van der Waals surface area (Å²) < 4.78 is 0. The summed E-state index contributed by atoms with van der Waals surface area (Å²) in [5, 5.41) is 20.0. The second-order valence-electron chi connectivity index (χ2n) is 6.17. The normalized spacial score (nSPS) is 17.4. The fourth-order valence-corrected chi connectivity index (χ4v) is 3.17. The van der Waals surface area contributed by atoms with Crippen molar-refractivity contribution in [1.29, 1.82) is 0 Å². The summed E-state index contributed by atoms with van der Waals surface area (Å²) in [7, 11) is 0. The number of amides is 1. The van der Waals surface area contributed by atoms with E-state index in [2.05, 4.69) is 4.98 Å². The molecule has 0 spiro atoms. The number of carbonyl (C=O) groups is 2. The highest BCUT2D eigenvalue weighted by Crippen LogP contribution is 2.25. The second-order valence-corrected chi connectivity index (χ2v) is 6.17. The lowest BCUT2D eigenvalue weighted by Gasteiger charge is -2.35. The minimum Gasteiger partial charge on any atom is -0.479 e. The SMILES string of the molecule is Cc1[nH]c2ccccc2c1CC(=O)N1CCC(O)(C(=O)O)CC1. The maximum atomic E-state index is 12.5. The van der Waals surface area contributed by atoms with E-state index in [-0.39, 0.29) is 38.3 Å². The molecule has 0 bridgehead atoms. The molecule has 2 heterocycles. The summed E-state index contributed by atoms with van der Waals surface area (Å²) in [4.78, 5) is 28.5. The Morgan fingerprint density at radius 3 is 2.57 bits per heavy atom. The third-order valence-corrected chi connectivity index (χ3v) is 4.70. The first-order valence-electron chi connectivity index (χ1n) is 7.70. The van der Waals surface area contributed by atoms with Crippen molar-refractivity contribution in [3.8, 4) is 0 Å². The topological polar surface area (TPSA) is 93.6 Å². The van der Waals surface area contributed by atoms with Crippen LogP contribution < -0.4 is 0 Å². The Morgan fingerprint density at radius 1 is 1.26 bits per heavy atom. The van der Waals surface area contributed by atoms with Gasteiger partial charge in [0.25, 0.3) is 0 Å². The molecular formula is C17H20N2O4. The van der Waals surface area contributed by atoms with E-state index in [1.54, 1.807) is 4.90 Å². The molecule has 23 heavy (non-hydrogen) atoms. The molecule has 1 saturated heterocycles. The number of aryl methyl sites for hydroxylation is 1. The quantitative estimate of drug-likeness (QED) is 0.799. The van der Waals surface area contributed by atoms with Gasteiger partial charge in [-0.1, -0.05) is 18.2 Å². The van der Waals surface area contributed by atoms with Crippen molar-refractivity contribution in [2.75, 3.05) is 13.1 Å². The van der Waals surface area contributed by atoms with Crippen LogP contribution in [0.5, 0.6) is 0 Å². The van der Waals surface area contributed by atoms with E-state index in [0.29, 0.717) is 0 Å². The fraction of sp³-hybridized carbons (Fsp3) is 0.412. The van der Waals surface area contributed by atoms with E-state index in [0.717, 1.165) is 22.2 Å². The van der Waals surface area contributed by atoms with Gasteiger partial charge in [-0.15, -0.1) is 0 Å². The first kappa shape index (κ1) is 15.6. The van der Waals surface area contributed by atoms with Gasteiger partial charge in [0.15, 0.2) is 5.60 Å². The molecule has 122 valence electrons. The Labute approximate surface area is 133 Å². The highest BCUT2D eigenvalue weighted by molar-refractivity contribution is 5.90. The van der Waals surface area contributed by atoms with Crippen molar-refractivity contribution >= 4 is 22.8 Å². The third kappa shape index (κ3) is 2.82. The highest BCUT2D eigenvalue weighted by atomic mass is 16.4.